The van der Waals surface area contributed by atoms with E-state index in [0.717, 1.165) is 9.36 Å². The van der Waals surface area contributed by atoms with E-state index in [9.17, 15) is 19.2 Å². The van der Waals surface area contributed by atoms with Crippen LogP contribution in [0.5, 0.6) is 0 Å². The zero-order valence-corrected chi connectivity index (χ0v) is 14.7. The topological polar surface area (TPSA) is 157 Å². The van der Waals surface area contributed by atoms with Crippen molar-refractivity contribution in [3.05, 3.63) is 64.5 Å². The van der Waals surface area contributed by atoms with Crippen molar-refractivity contribution in [3.8, 4) is 0 Å². The molecule has 0 spiro atoms. The summed E-state index contributed by atoms with van der Waals surface area (Å²) in [5.74, 6) is -4.00. The first-order valence-electron chi connectivity index (χ1n) is 7.85. The summed E-state index contributed by atoms with van der Waals surface area (Å²) in [7, 11) is 0. The second kappa shape index (κ2) is 6.87. The molecule has 2 N–H and O–H groups in total. The molecule has 0 radical (unpaired) electrons. The molecular formula is C17H13N5O6. The van der Waals surface area contributed by atoms with Crippen LogP contribution in [-0.4, -0.2) is 58.5 Å². The monoisotopic (exact) mass is 383 g/mol. The van der Waals surface area contributed by atoms with Gasteiger partial charge in [-0.25, -0.2) is 14.6 Å². The number of pyridine rings is 1. The molecule has 0 aliphatic heterocycles. The van der Waals surface area contributed by atoms with E-state index in [1.165, 1.54) is 44.2 Å². The van der Waals surface area contributed by atoms with Crippen molar-refractivity contribution in [3.63, 3.8) is 0 Å². The molecule has 11 heteroatoms. The third-order valence-corrected chi connectivity index (χ3v) is 3.79. The minimum absolute atomic E-state index is 0.141. The highest BCUT2D eigenvalue weighted by molar-refractivity contribution is 5.98. The standard InChI is InChI=1S/C17H13N5O6/c1-8-6-12(16(25)26)19-21(8)14(23)10-4-3-5-11(18-10)15(24)22-9(2)7-13(20-22)17(27)28/h3-7H,1-2H3,(H,25,26)(H,27,28). The van der Waals surface area contributed by atoms with Crippen molar-refractivity contribution in [1.82, 2.24) is 24.5 Å². The zero-order valence-electron chi connectivity index (χ0n) is 14.7. The molecule has 142 valence electrons. The van der Waals surface area contributed by atoms with Crippen molar-refractivity contribution in [2.24, 2.45) is 0 Å². The molecule has 3 aromatic rings. The highest BCUT2D eigenvalue weighted by atomic mass is 16.4. The Labute approximate surface area is 156 Å². The van der Waals surface area contributed by atoms with E-state index in [1.807, 2.05) is 0 Å². The first-order chi connectivity index (χ1) is 13.2. The number of aromatic nitrogens is 5. The summed E-state index contributed by atoms with van der Waals surface area (Å²) in [6.45, 7) is 3.01. The number of hydrogen-bond donors (Lipinski definition) is 2. The Balaban J connectivity index is 1.96. The van der Waals surface area contributed by atoms with Gasteiger partial charge in [-0.1, -0.05) is 6.07 Å². The highest BCUT2D eigenvalue weighted by Crippen LogP contribution is 2.10. The average Bonchev–Trinajstić information content (AvgIpc) is 3.24. The first kappa shape index (κ1) is 18.6. The summed E-state index contributed by atoms with van der Waals surface area (Å²) in [5, 5.41) is 25.4. The molecular weight excluding hydrogens is 370 g/mol. The van der Waals surface area contributed by atoms with Crippen LogP contribution in [0.1, 0.15) is 53.3 Å². The summed E-state index contributed by atoms with van der Waals surface area (Å²) in [6, 6.07) is 6.57. The maximum absolute atomic E-state index is 12.6. The molecule has 0 atom stereocenters. The lowest BCUT2D eigenvalue weighted by Crippen LogP contribution is -2.21. The lowest BCUT2D eigenvalue weighted by atomic mass is 10.2. The van der Waals surface area contributed by atoms with Gasteiger partial charge in [-0.05, 0) is 38.1 Å². The van der Waals surface area contributed by atoms with Crippen LogP contribution in [0.15, 0.2) is 30.3 Å². The van der Waals surface area contributed by atoms with Gasteiger partial charge in [0.05, 0.1) is 0 Å². The Hall–Kier alpha value is -4.15. The van der Waals surface area contributed by atoms with Crippen molar-refractivity contribution in [2.45, 2.75) is 13.8 Å². The number of aryl methyl sites for hydroxylation is 2. The number of aromatic carboxylic acids is 2. The molecule has 0 saturated heterocycles. The fourth-order valence-electron chi connectivity index (χ4n) is 2.46. The highest BCUT2D eigenvalue weighted by Gasteiger charge is 2.21. The second-order valence-corrected chi connectivity index (χ2v) is 5.79. The fraction of sp³-hybridized carbons (Fsp3) is 0.118. The molecule has 11 nitrogen and oxygen atoms in total. The number of carbonyl (C=O) groups excluding carboxylic acids is 2. The lowest BCUT2D eigenvalue weighted by Gasteiger charge is -2.06. The maximum Gasteiger partial charge on any atom is 0.356 e. The largest absolute Gasteiger partial charge is 0.476 e. The smallest absolute Gasteiger partial charge is 0.356 e. The van der Waals surface area contributed by atoms with Gasteiger partial charge < -0.3 is 10.2 Å². The van der Waals surface area contributed by atoms with Gasteiger partial charge in [-0.3, -0.25) is 9.59 Å². The molecule has 0 bridgehead atoms. The van der Waals surface area contributed by atoms with E-state index >= 15 is 0 Å². The number of rotatable bonds is 4. The lowest BCUT2D eigenvalue weighted by molar-refractivity contribution is 0.0678. The van der Waals surface area contributed by atoms with E-state index in [0.29, 0.717) is 0 Å². The molecule has 0 aromatic carbocycles. The van der Waals surface area contributed by atoms with E-state index in [2.05, 4.69) is 15.2 Å². The normalized spacial score (nSPS) is 10.6. The van der Waals surface area contributed by atoms with Crippen molar-refractivity contribution in [2.75, 3.05) is 0 Å². The molecule has 3 rings (SSSR count). The number of carbonyl (C=O) groups is 4. The van der Waals surface area contributed by atoms with Gasteiger partial charge in [0.2, 0.25) is 0 Å². The Morgan fingerprint density at radius 2 is 1.14 bits per heavy atom. The second-order valence-electron chi connectivity index (χ2n) is 5.79. The third-order valence-electron chi connectivity index (χ3n) is 3.79. The zero-order chi connectivity index (χ0) is 20.6. The van der Waals surface area contributed by atoms with E-state index in [-0.39, 0.29) is 34.2 Å². The number of hydrogen-bond acceptors (Lipinski definition) is 7. The Morgan fingerprint density at radius 1 is 0.750 bits per heavy atom. The van der Waals surface area contributed by atoms with Gasteiger partial charge in [-0.15, -0.1) is 0 Å². The quantitative estimate of drug-likeness (QED) is 0.666. The van der Waals surface area contributed by atoms with Gasteiger partial charge >= 0.3 is 11.9 Å². The Morgan fingerprint density at radius 3 is 1.46 bits per heavy atom. The number of carboxylic acids is 2. The van der Waals surface area contributed by atoms with Crippen LogP contribution in [0.3, 0.4) is 0 Å². The fourth-order valence-corrected chi connectivity index (χ4v) is 2.46. The molecule has 3 aromatic heterocycles. The molecule has 0 aliphatic carbocycles. The minimum atomic E-state index is -1.28. The van der Waals surface area contributed by atoms with Gasteiger partial charge in [0.15, 0.2) is 11.4 Å². The molecule has 0 aliphatic rings. The van der Waals surface area contributed by atoms with Crippen LogP contribution in [0.25, 0.3) is 0 Å². The summed E-state index contributed by atoms with van der Waals surface area (Å²) in [6.07, 6.45) is 0. The van der Waals surface area contributed by atoms with Gasteiger partial charge in [0, 0.05) is 11.4 Å². The molecule has 0 amide bonds. The van der Waals surface area contributed by atoms with Crippen LogP contribution in [-0.2, 0) is 0 Å². The van der Waals surface area contributed by atoms with Gasteiger partial charge in [0.25, 0.3) is 11.8 Å². The predicted octanol–water partition coefficient (Wildman–Crippen LogP) is 0.865. The van der Waals surface area contributed by atoms with Crippen LogP contribution in [0.2, 0.25) is 0 Å². The van der Waals surface area contributed by atoms with Crippen LogP contribution >= 0.6 is 0 Å². The summed E-state index contributed by atoms with van der Waals surface area (Å²) in [4.78, 5) is 51.2. The summed E-state index contributed by atoms with van der Waals surface area (Å²) >= 11 is 0. The molecule has 0 saturated carbocycles. The average molecular weight is 383 g/mol. The van der Waals surface area contributed by atoms with Crippen LogP contribution in [0, 0.1) is 13.8 Å². The van der Waals surface area contributed by atoms with E-state index in [4.69, 9.17) is 10.2 Å². The first-order valence-corrected chi connectivity index (χ1v) is 7.85. The summed E-state index contributed by atoms with van der Waals surface area (Å²) in [5.41, 5.74) is -0.308. The van der Waals surface area contributed by atoms with E-state index < -0.39 is 23.8 Å². The van der Waals surface area contributed by atoms with Crippen LogP contribution < -0.4 is 0 Å². The van der Waals surface area contributed by atoms with Crippen LogP contribution in [0.4, 0.5) is 0 Å². The molecule has 28 heavy (non-hydrogen) atoms. The maximum atomic E-state index is 12.6. The minimum Gasteiger partial charge on any atom is -0.476 e. The van der Waals surface area contributed by atoms with Gasteiger partial charge in [0.1, 0.15) is 11.4 Å². The molecule has 0 fully saturated rings. The predicted molar refractivity (Wildman–Crippen MR) is 91.5 cm³/mol. The molecule has 0 unspecified atom stereocenters. The van der Waals surface area contributed by atoms with E-state index in [1.54, 1.807) is 0 Å². The van der Waals surface area contributed by atoms with Crippen molar-refractivity contribution < 1.29 is 29.4 Å². The van der Waals surface area contributed by atoms with Gasteiger partial charge in [-0.2, -0.15) is 19.6 Å². The van der Waals surface area contributed by atoms with Crippen molar-refractivity contribution >= 4 is 23.8 Å². The Kier molecular flexibility index (Phi) is 4.57. The third kappa shape index (κ3) is 3.28. The SMILES string of the molecule is Cc1cc(C(=O)O)nn1C(=O)c1cccc(C(=O)n2nc(C(=O)O)cc2C)n1. The summed E-state index contributed by atoms with van der Waals surface area (Å²) < 4.78 is 1.75. The molecule has 3 heterocycles. The Bertz CT molecular complexity index is 1060. The number of nitrogens with zero attached hydrogens (tertiary/aromatic N) is 5. The number of carboxylic acid groups (broad SMARTS) is 2. The van der Waals surface area contributed by atoms with Crippen molar-refractivity contribution in [1.29, 1.82) is 0 Å².